The number of benzene rings is 1. The first kappa shape index (κ1) is 16.3. The maximum absolute atomic E-state index is 12.7. The first-order valence-electron chi connectivity index (χ1n) is 7.58. The molecule has 0 spiro atoms. The fraction of sp³-hybridized carbons (Fsp3) is 0.500. The highest BCUT2D eigenvalue weighted by Gasteiger charge is 2.20. The van der Waals surface area contributed by atoms with E-state index in [2.05, 4.69) is 6.92 Å². The van der Waals surface area contributed by atoms with E-state index in [1.807, 2.05) is 0 Å². The predicted molar refractivity (Wildman–Crippen MR) is 84.0 cm³/mol. The van der Waals surface area contributed by atoms with Crippen LogP contribution in [0.25, 0.3) is 11.1 Å². The van der Waals surface area contributed by atoms with Crippen molar-refractivity contribution in [2.75, 3.05) is 19.7 Å². The van der Waals surface area contributed by atoms with E-state index in [0.717, 1.165) is 19.3 Å². The van der Waals surface area contributed by atoms with Gasteiger partial charge in [-0.2, -0.15) is 0 Å². The Morgan fingerprint density at radius 1 is 1.32 bits per heavy atom. The molecule has 0 aliphatic rings. The molecule has 22 heavy (non-hydrogen) atoms. The Morgan fingerprint density at radius 2 is 2.09 bits per heavy atom. The highest BCUT2D eigenvalue weighted by atomic mass is 16.4. The highest BCUT2D eigenvalue weighted by Crippen LogP contribution is 2.19. The zero-order valence-electron chi connectivity index (χ0n) is 13.0. The minimum absolute atomic E-state index is 0.0907. The topological polar surface area (TPSA) is 75.7 Å². The zero-order valence-corrected chi connectivity index (χ0v) is 13.0. The van der Waals surface area contributed by atoms with Crippen molar-refractivity contribution in [2.45, 2.75) is 26.2 Å². The molecule has 0 aliphatic heterocycles. The number of hydrogen-bond donors (Lipinski definition) is 1. The summed E-state index contributed by atoms with van der Waals surface area (Å²) >= 11 is 0. The van der Waals surface area contributed by atoms with Gasteiger partial charge in [-0.3, -0.25) is 9.36 Å². The van der Waals surface area contributed by atoms with E-state index < -0.39 is 5.76 Å². The van der Waals surface area contributed by atoms with Gasteiger partial charge in [0, 0.05) is 20.1 Å². The van der Waals surface area contributed by atoms with E-state index in [1.165, 1.54) is 4.57 Å². The first-order valence-corrected chi connectivity index (χ1v) is 7.58. The summed E-state index contributed by atoms with van der Waals surface area (Å²) in [5.74, 6) is -0.708. The van der Waals surface area contributed by atoms with Crippen LogP contribution in [0.15, 0.2) is 27.4 Å². The van der Waals surface area contributed by atoms with Crippen LogP contribution in [-0.2, 0) is 7.05 Å². The van der Waals surface area contributed by atoms with Gasteiger partial charge in [0.15, 0.2) is 5.58 Å². The lowest BCUT2D eigenvalue weighted by atomic mass is 10.1. The number of carbonyl (C=O) groups excluding carboxylic acids is 1. The molecule has 0 saturated carbocycles. The molecule has 1 aromatic carbocycles. The van der Waals surface area contributed by atoms with Crippen molar-refractivity contribution in [2.24, 2.45) is 7.05 Å². The number of rotatable bonds is 7. The van der Waals surface area contributed by atoms with Crippen LogP contribution in [0.4, 0.5) is 0 Å². The van der Waals surface area contributed by atoms with Gasteiger partial charge in [-0.15, -0.1) is 0 Å². The van der Waals surface area contributed by atoms with Crippen LogP contribution in [0.5, 0.6) is 0 Å². The number of aryl methyl sites for hydroxylation is 1. The number of amides is 1. The molecule has 1 aromatic heterocycles. The van der Waals surface area contributed by atoms with Crippen LogP contribution in [-0.4, -0.2) is 40.2 Å². The number of para-hydroxylation sites is 1. The summed E-state index contributed by atoms with van der Waals surface area (Å²) in [5.41, 5.74) is 1.26. The molecule has 2 aromatic rings. The SMILES string of the molecule is CCCCCN(CCO)C(=O)c1cccc2c1oc(=O)n2C. The molecular formula is C16H22N2O4. The molecule has 1 heterocycles. The monoisotopic (exact) mass is 306 g/mol. The summed E-state index contributed by atoms with van der Waals surface area (Å²) in [6.07, 6.45) is 2.97. The second-order valence-electron chi connectivity index (χ2n) is 5.30. The zero-order chi connectivity index (χ0) is 16.1. The Morgan fingerprint density at radius 3 is 2.77 bits per heavy atom. The second kappa shape index (κ2) is 7.26. The molecule has 0 bridgehead atoms. The minimum Gasteiger partial charge on any atom is -0.407 e. The van der Waals surface area contributed by atoms with E-state index >= 15 is 0 Å². The van der Waals surface area contributed by atoms with Crippen molar-refractivity contribution in [3.63, 3.8) is 0 Å². The van der Waals surface area contributed by atoms with Crippen LogP contribution in [0.2, 0.25) is 0 Å². The third-order valence-corrected chi connectivity index (χ3v) is 3.74. The number of hydrogen-bond acceptors (Lipinski definition) is 4. The molecule has 1 amide bonds. The first-order chi connectivity index (χ1) is 10.6. The summed E-state index contributed by atoms with van der Waals surface area (Å²) in [6.45, 7) is 2.86. The summed E-state index contributed by atoms with van der Waals surface area (Å²) in [4.78, 5) is 26.0. The average molecular weight is 306 g/mol. The quantitative estimate of drug-likeness (QED) is 0.791. The predicted octanol–water partition coefficient (Wildman–Crippen LogP) is 1.76. The van der Waals surface area contributed by atoms with Gasteiger partial charge in [0.05, 0.1) is 17.7 Å². The minimum atomic E-state index is -0.491. The highest BCUT2D eigenvalue weighted by molar-refractivity contribution is 6.04. The fourth-order valence-electron chi connectivity index (χ4n) is 2.48. The molecule has 0 radical (unpaired) electrons. The van der Waals surface area contributed by atoms with Crippen molar-refractivity contribution < 1.29 is 14.3 Å². The van der Waals surface area contributed by atoms with E-state index in [1.54, 1.807) is 30.1 Å². The second-order valence-corrected chi connectivity index (χ2v) is 5.30. The molecule has 1 N–H and O–H groups in total. The number of carbonyl (C=O) groups is 1. The fourth-order valence-corrected chi connectivity index (χ4v) is 2.48. The molecule has 0 fully saturated rings. The maximum Gasteiger partial charge on any atom is 0.419 e. The van der Waals surface area contributed by atoms with Gasteiger partial charge in [0.2, 0.25) is 0 Å². The van der Waals surface area contributed by atoms with Gasteiger partial charge in [0.25, 0.3) is 5.91 Å². The Hall–Kier alpha value is -2.08. The molecule has 6 heteroatoms. The van der Waals surface area contributed by atoms with Gasteiger partial charge in [-0.25, -0.2) is 4.79 Å². The van der Waals surface area contributed by atoms with Crippen LogP contribution in [0.1, 0.15) is 36.5 Å². The average Bonchev–Trinajstić information content (AvgIpc) is 2.81. The Labute approximate surface area is 128 Å². The van der Waals surface area contributed by atoms with Gasteiger partial charge in [-0.1, -0.05) is 25.8 Å². The number of unbranched alkanes of at least 4 members (excludes halogenated alkanes) is 2. The largest absolute Gasteiger partial charge is 0.419 e. The molecule has 0 saturated heterocycles. The van der Waals surface area contributed by atoms with E-state index in [0.29, 0.717) is 23.2 Å². The molecule has 2 rings (SSSR count). The molecule has 0 aliphatic carbocycles. The van der Waals surface area contributed by atoms with Crippen molar-refractivity contribution in [3.8, 4) is 0 Å². The number of nitrogens with zero attached hydrogens (tertiary/aromatic N) is 2. The number of fused-ring (bicyclic) bond motifs is 1. The van der Waals surface area contributed by atoms with Crippen LogP contribution in [0.3, 0.4) is 0 Å². The number of aliphatic hydroxyl groups is 1. The summed E-state index contributed by atoms with van der Waals surface area (Å²) < 4.78 is 6.58. The van der Waals surface area contributed by atoms with Gasteiger partial charge >= 0.3 is 5.76 Å². The normalized spacial score (nSPS) is 11.0. The molecule has 0 atom stereocenters. The molecule has 0 unspecified atom stereocenters. The van der Waals surface area contributed by atoms with Crippen molar-refractivity contribution >= 4 is 17.0 Å². The van der Waals surface area contributed by atoms with Gasteiger partial charge < -0.3 is 14.4 Å². The summed E-state index contributed by atoms with van der Waals surface area (Å²) in [7, 11) is 1.61. The maximum atomic E-state index is 12.7. The Bertz CT molecular complexity index is 702. The Kier molecular flexibility index (Phi) is 5.38. The smallest absolute Gasteiger partial charge is 0.407 e. The third-order valence-electron chi connectivity index (χ3n) is 3.74. The Balaban J connectivity index is 2.34. The molecular weight excluding hydrogens is 284 g/mol. The van der Waals surface area contributed by atoms with E-state index in [-0.39, 0.29) is 19.1 Å². The van der Waals surface area contributed by atoms with Crippen LogP contribution >= 0.6 is 0 Å². The van der Waals surface area contributed by atoms with E-state index in [4.69, 9.17) is 4.42 Å². The van der Waals surface area contributed by atoms with Crippen molar-refractivity contribution in [3.05, 3.63) is 34.3 Å². The van der Waals surface area contributed by atoms with Crippen LogP contribution in [0, 0.1) is 0 Å². The van der Waals surface area contributed by atoms with E-state index in [9.17, 15) is 14.7 Å². The van der Waals surface area contributed by atoms with Crippen molar-refractivity contribution in [1.29, 1.82) is 0 Å². The molecule has 120 valence electrons. The lowest BCUT2D eigenvalue weighted by Gasteiger charge is -2.21. The number of aromatic nitrogens is 1. The van der Waals surface area contributed by atoms with Crippen molar-refractivity contribution in [1.82, 2.24) is 9.47 Å². The number of oxazole rings is 1. The van der Waals surface area contributed by atoms with Gasteiger partial charge in [0.1, 0.15) is 0 Å². The molecule has 6 nitrogen and oxygen atoms in total. The van der Waals surface area contributed by atoms with Gasteiger partial charge in [-0.05, 0) is 18.6 Å². The lowest BCUT2D eigenvalue weighted by molar-refractivity contribution is 0.0719. The van der Waals surface area contributed by atoms with Crippen LogP contribution < -0.4 is 5.76 Å². The number of aliphatic hydroxyl groups excluding tert-OH is 1. The summed E-state index contributed by atoms with van der Waals surface area (Å²) in [6, 6.07) is 5.12. The standard InChI is InChI=1S/C16H22N2O4/c1-3-4-5-9-18(10-11-19)15(20)12-7-6-8-13-14(12)22-16(21)17(13)2/h6-8,19H,3-5,9-11H2,1-2H3. The lowest BCUT2D eigenvalue weighted by Crippen LogP contribution is -2.34. The third kappa shape index (κ3) is 3.22. The summed E-state index contributed by atoms with van der Waals surface area (Å²) in [5, 5.41) is 9.18.